The molecule has 1 aromatic carbocycles. The zero-order valence-corrected chi connectivity index (χ0v) is 13.6. The maximum absolute atomic E-state index is 12.1. The van der Waals surface area contributed by atoms with E-state index in [1.165, 1.54) is 24.3 Å². The number of nitrogens with one attached hydrogen (secondary N) is 1. The number of rotatable bonds is 5. The van der Waals surface area contributed by atoms with Crippen molar-refractivity contribution >= 4 is 29.8 Å². The molecule has 0 amide bonds. The number of benzene rings is 1. The monoisotopic (exact) mass is 349 g/mol. The summed E-state index contributed by atoms with van der Waals surface area (Å²) in [4.78, 5) is -0.0987. The quantitative estimate of drug-likeness (QED) is 0.653. The van der Waals surface area contributed by atoms with Gasteiger partial charge in [0.05, 0.1) is 9.79 Å². The Kier molecular flexibility index (Phi) is 5.08. The summed E-state index contributed by atoms with van der Waals surface area (Å²) in [6.45, 7) is 0.377. The molecule has 0 aromatic heterocycles. The smallest absolute Gasteiger partial charge is 0.211 e. The summed E-state index contributed by atoms with van der Waals surface area (Å²) < 4.78 is 49.0. The zero-order chi connectivity index (χ0) is 15.5. The molecule has 21 heavy (non-hydrogen) atoms. The van der Waals surface area contributed by atoms with Crippen LogP contribution in [0.4, 0.5) is 0 Å². The Morgan fingerprint density at radius 1 is 1.05 bits per heavy atom. The highest BCUT2D eigenvalue weighted by Crippen LogP contribution is 2.20. The topological polar surface area (TPSA) is 80.3 Å². The van der Waals surface area contributed by atoms with Crippen molar-refractivity contribution in [1.29, 1.82) is 0 Å². The standard InChI is InChI=1S/C13H16ClNO4S2/c14-20(16,17)12-6-8-13(9-7-12)21(18,19)15-10-11-4-2-1-3-5-11/h1-2,6-9,11,15H,3-5,10H2. The van der Waals surface area contributed by atoms with Crippen molar-refractivity contribution in [3.8, 4) is 0 Å². The second-order valence-electron chi connectivity index (χ2n) is 4.91. The number of halogens is 1. The van der Waals surface area contributed by atoms with E-state index in [-0.39, 0.29) is 9.79 Å². The summed E-state index contributed by atoms with van der Waals surface area (Å²) in [6.07, 6.45) is 6.95. The van der Waals surface area contributed by atoms with E-state index >= 15 is 0 Å². The fraction of sp³-hybridized carbons (Fsp3) is 0.385. The first kappa shape index (κ1) is 16.5. The summed E-state index contributed by atoms with van der Waals surface area (Å²) in [6, 6.07) is 4.83. The van der Waals surface area contributed by atoms with Gasteiger partial charge >= 0.3 is 0 Å². The van der Waals surface area contributed by atoms with Crippen molar-refractivity contribution in [3.05, 3.63) is 36.4 Å². The van der Waals surface area contributed by atoms with Crippen molar-refractivity contribution in [3.63, 3.8) is 0 Å². The third-order valence-electron chi connectivity index (χ3n) is 3.36. The summed E-state index contributed by atoms with van der Waals surface area (Å²) in [5.41, 5.74) is 0. The van der Waals surface area contributed by atoms with Gasteiger partial charge in [-0.25, -0.2) is 21.6 Å². The Bertz CT molecular complexity index is 724. The van der Waals surface area contributed by atoms with Crippen molar-refractivity contribution in [2.45, 2.75) is 29.1 Å². The first-order valence-corrected chi connectivity index (χ1v) is 10.3. The van der Waals surface area contributed by atoms with E-state index < -0.39 is 19.1 Å². The predicted octanol–water partition coefficient (Wildman–Crippen LogP) is 2.25. The first-order chi connectivity index (χ1) is 9.79. The van der Waals surface area contributed by atoms with Crippen molar-refractivity contribution in [2.24, 2.45) is 5.92 Å². The molecule has 0 saturated heterocycles. The highest BCUT2D eigenvalue weighted by Gasteiger charge is 2.18. The summed E-state index contributed by atoms with van der Waals surface area (Å²) in [5.74, 6) is 0.298. The highest BCUT2D eigenvalue weighted by molar-refractivity contribution is 8.13. The molecule has 1 aliphatic rings. The van der Waals surface area contributed by atoms with Gasteiger partial charge in [0, 0.05) is 17.2 Å². The Morgan fingerprint density at radius 3 is 2.19 bits per heavy atom. The minimum absolute atomic E-state index is 0.0259. The van der Waals surface area contributed by atoms with Crippen LogP contribution in [0.2, 0.25) is 0 Å². The van der Waals surface area contributed by atoms with E-state index in [0.717, 1.165) is 19.3 Å². The molecule has 0 aliphatic heterocycles. The number of allylic oxidation sites excluding steroid dienone is 2. The second-order valence-corrected chi connectivity index (χ2v) is 9.24. The molecule has 0 saturated carbocycles. The third kappa shape index (κ3) is 4.54. The Balaban J connectivity index is 2.07. The largest absolute Gasteiger partial charge is 0.261 e. The highest BCUT2D eigenvalue weighted by atomic mass is 35.7. The molecule has 116 valence electrons. The van der Waals surface area contributed by atoms with Gasteiger partial charge in [-0.3, -0.25) is 0 Å². The number of hydrogen-bond donors (Lipinski definition) is 1. The molecule has 5 nitrogen and oxygen atoms in total. The molecule has 0 spiro atoms. The summed E-state index contributed by atoms with van der Waals surface area (Å²) in [5, 5.41) is 0. The lowest BCUT2D eigenvalue weighted by Crippen LogP contribution is -2.29. The average Bonchev–Trinajstić information content (AvgIpc) is 2.46. The summed E-state index contributed by atoms with van der Waals surface area (Å²) in [7, 11) is -2.29. The lowest BCUT2D eigenvalue weighted by atomic mass is 9.95. The third-order valence-corrected chi connectivity index (χ3v) is 6.16. The van der Waals surface area contributed by atoms with Gasteiger partial charge in [-0.15, -0.1) is 0 Å². The maximum Gasteiger partial charge on any atom is 0.261 e. The first-order valence-electron chi connectivity index (χ1n) is 6.48. The van der Waals surface area contributed by atoms with Crippen LogP contribution in [0.5, 0.6) is 0 Å². The van der Waals surface area contributed by atoms with E-state index in [2.05, 4.69) is 16.9 Å². The van der Waals surface area contributed by atoms with Gasteiger partial charge in [-0.05, 0) is 49.4 Å². The molecule has 1 N–H and O–H groups in total. The molecule has 0 heterocycles. The minimum Gasteiger partial charge on any atom is -0.211 e. The fourth-order valence-corrected chi connectivity index (χ4v) is 4.02. The Morgan fingerprint density at radius 2 is 1.67 bits per heavy atom. The van der Waals surface area contributed by atoms with Crippen LogP contribution in [0.25, 0.3) is 0 Å². The van der Waals surface area contributed by atoms with Gasteiger partial charge in [-0.2, -0.15) is 0 Å². The van der Waals surface area contributed by atoms with E-state index in [1.807, 2.05) is 0 Å². The minimum atomic E-state index is -3.85. The summed E-state index contributed by atoms with van der Waals surface area (Å²) >= 11 is 0. The van der Waals surface area contributed by atoms with E-state index in [9.17, 15) is 16.8 Å². The van der Waals surface area contributed by atoms with Crippen LogP contribution < -0.4 is 4.72 Å². The van der Waals surface area contributed by atoms with E-state index in [0.29, 0.717) is 12.5 Å². The lowest BCUT2D eigenvalue weighted by molar-refractivity contribution is 0.468. The van der Waals surface area contributed by atoms with Gasteiger partial charge in [0.25, 0.3) is 9.05 Å². The van der Waals surface area contributed by atoms with Crippen LogP contribution in [-0.4, -0.2) is 23.4 Å². The van der Waals surface area contributed by atoms with Crippen molar-refractivity contribution < 1.29 is 16.8 Å². The van der Waals surface area contributed by atoms with Crippen LogP contribution in [-0.2, 0) is 19.1 Å². The molecule has 0 fully saturated rings. The maximum atomic E-state index is 12.1. The van der Waals surface area contributed by atoms with Crippen LogP contribution in [0.15, 0.2) is 46.2 Å². The molecule has 1 aromatic rings. The molecule has 2 rings (SSSR count). The SMILES string of the molecule is O=S(=O)(Cl)c1ccc(S(=O)(=O)NCC2CC=CCC2)cc1. The van der Waals surface area contributed by atoms with Gasteiger partial charge in [-0.1, -0.05) is 12.2 Å². The van der Waals surface area contributed by atoms with Gasteiger partial charge < -0.3 is 0 Å². The van der Waals surface area contributed by atoms with Crippen molar-refractivity contribution in [1.82, 2.24) is 4.72 Å². The Hall–Kier alpha value is -0.890. The van der Waals surface area contributed by atoms with Gasteiger partial charge in [0.2, 0.25) is 10.0 Å². The van der Waals surface area contributed by atoms with E-state index in [4.69, 9.17) is 10.7 Å². The van der Waals surface area contributed by atoms with Gasteiger partial charge in [0.15, 0.2) is 0 Å². The second kappa shape index (κ2) is 6.48. The molecular formula is C13H16ClNO4S2. The molecule has 1 unspecified atom stereocenters. The Labute approximate surface area is 129 Å². The molecule has 8 heteroatoms. The van der Waals surface area contributed by atoms with Crippen LogP contribution in [0, 0.1) is 5.92 Å². The lowest BCUT2D eigenvalue weighted by Gasteiger charge is -2.18. The normalized spacial score (nSPS) is 19.6. The fourth-order valence-electron chi connectivity index (χ4n) is 2.13. The van der Waals surface area contributed by atoms with E-state index in [1.54, 1.807) is 0 Å². The number of hydrogen-bond acceptors (Lipinski definition) is 4. The van der Waals surface area contributed by atoms with Crippen molar-refractivity contribution in [2.75, 3.05) is 6.54 Å². The van der Waals surface area contributed by atoms with Crippen LogP contribution in [0.1, 0.15) is 19.3 Å². The predicted molar refractivity (Wildman–Crippen MR) is 81.2 cm³/mol. The molecule has 0 radical (unpaired) electrons. The average molecular weight is 350 g/mol. The zero-order valence-electron chi connectivity index (χ0n) is 11.2. The molecular weight excluding hydrogens is 334 g/mol. The van der Waals surface area contributed by atoms with Crippen LogP contribution in [0.3, 0.4) is 0 Å². The number of sulfonamides is 1. The van der Waals surface area contributed by atoms with Crippen LogP contribution >= 0.6 is 10.7 Å². The molecule has 1 aliphatic carbocycles. The molecule has 1 atom stereocenters. The van der Waals surface area contributed by atoms with Gasteiger partial charge in [0.1, 0.15) is 0 Å². The molecule has 0 bridgehead atoms.